The maximum atomic E-state index is 12.3. The van der Waals surface area contributed by atoms with Crippen molar-refractivity contribution in [2.75, 3.05) is 0 Å². The molecule has 1 aliphatic heterocycles. The minimum absolute atomic E-state index is 0.00120. The molecule has 0 saturated heterocycles. The van der Waals surface area contributed by atoms with E-state index in [0.29, 0.717) is 13.0 Å². The Kier molecular flexibility index (Phi) is 3.66. The Morgan fingerprint density at radius 3 is 2.55 bits per heavy atom. The molecule has 0 bridgehead atoms. The average Bonchev–Trinajstić information content (AvgIpc) is 2.48. The van der Waals surface area contributed by atoms with Crippen molar-refractivity contribution in [3.05, 3.63) is 70.8 Å². The molecular weight excluding hydrogens is 248 g/mol. The van der Waals surface area contributed by atoms with Gasteiger partial charge in [-0.2, -0.15) is 0 Å². The van der Waals surface area contributed by atoms with Gasteiger partial charge in [-0.3, -0.25) is 4.79 Å². The molecule has 0 aliphatic carbocycles. The number of hydrogen-bond acceptors (Lipinski definition) is 2. The first-order valence-electron chi connectivity index (χ1n) is 7.00. The Bertz CT molecular complexity index is 614. The minimum atomic E-state index is -0.00120. The van der Waals surface area contributed by atoms with Crippen molar-refractivity contribution < 1.29 is 9.53 Å². The molecule has 2 aromatic rings. The molecule has 2 nitrogen and oxygen atoms in total. The fourth-order valence-corrected chi connectivity index (χ4v) is 2.60. The van der Waals surface area contributed by atoms with Gasteiger partial charge in [-0.05, 0) is 24.5 Å². The monoisotopic (exact) mass is 266 g/mol. The minimum Gasteiger partial charge on any atom is -0.373 e. The maximum Gasteiger partial charge on any atom is 0.165 e. The second-order valence-electron chi connectivity index (χ2n) is 5.40. The zero-order chi connectivity index (χ0) is 13.9. The number of hydrogen-bond donors (Lipinski definition) is 0. The van der Waals surface area contributed by atoms with Crippen molar-refractivity contribution in [1.82, 2.24) is 0 Å². The highest BCUT2D eigenvalue weighted by atomic mass is 16.5. The van der Waals surface area contributed by atoms with Crippen molar-refractivity contribution in [2.45, 2.75) is 32.5 Å². The zero-order valence-corrected chi connectivity index (χ0v) is 11.6. The van der Waals surface area contributed by atoms with Crippen LogP contribution in [0.3, 0.4) is 0 Å². The van der Waals surface area contributed by atoms with Gasteiger partial charge in [0.15, 0.2) is 5.78 Å². The molecule has 0 fully saturated rings. The molecule has 0 saturated carbocycles. The second-order valence-corrected chi connectivity index (χ2v) is 5.40. The Balaban J connectivity index is 1.67. The topological polar surface area (TPSA) is 26.3 Å². The number of fused-ring (bicyclic) bond motifs is 1. The van der Waals surface area contributed by atoms with Gasteiger partial charge >= 0.3 is 0 Å². The number of ketones is 1. The van der Waals surface area contributed by atoms with Crippen LogP contribution < -0.4 is 0 Å². The molecule has 0 spiro atoms. The standard InChI is InChI=1S/C18H18O2/c1-13-6-8-14(9-7-13)18(19)11-17-10-15-4-2-3-5-16(15)12-20-17/h2-9,17H,10-12H2,1H3. The summed E-state index contributed by atoms with van der Waals surface area (Å²) in [5.74, 6) is 0.161. The van der Waals surface area contributed by atoms with E-state index in [4.69, 9.17) is 4.74 Å². The first kappa shape index (κ1) is 13.1. The summed E-state index contributed by atoms with van der Waals surface area (Å²) < 4.78 is 5.80. The molecule has 0 N–H and O–H groups in total. The van der Waals surface area contributed by atoms with Crippen LogP contribution in [-0.2, 0) is 17.8 Å². The molecule has 0 radical (unpaired) electrons. The van der Waals surface area contributed by atoms with Gasteiger partial charge < -0.3 is 4.74 Å². The molecule has 3 rings (SSSR count). The van der Waals surface area contributed by atoms with Gasteiger partial charge in [-0.1, -0.05) is 54.1 Å². The van der Waals surface area contributed by atoms with Crippen LogP contribution in [0.1, 0.15) is 33.5 Å². The van der Waals surface area contributed by atoms with Crippen molar-refractivity contribution in [1.29, 1.82) is 0 Å². The lowest BCUT2D eigenvalue weighted by molar-refractivity contribution is 0.0237. The first-order valence-corrected chi connectivity index (χ1v) is 7.00. The summed E-state index contributed by atoms with van der Waals surface area (Å²) in [6.45, 7) is 2.64. The SMILES string of the molecule is Cc1ccc(C(=O)CC2Cc3ccccc3CO2)cc1. The highest BCUT2D eigenvalue weighted by Crippen LogP contribution is 2.23. The highest BCUT2D eigenvalue weighted by molar-refractivity contribution is 5.96. The normalized spacial score (nSPS) is 17.6. The summed E-state index contributed by atoms with van der Waals surface area (Å²) >= 11 is 0. The van der Waals surface area contributed by atoms with Crippen LogP contribution in [0, 0.1) is 6.92 Å². The van der Waals surface area contributed by atoms with Crippen LogP contribution >= 0.6 is 0 Å². The average molecular weight is 266 g/mol. The van der Waals surface area contributed by atoms with Crippen LogP contribution in [0.2, 0.25) is 0 Å². The highest BCUT2D eigenvalue weighted by Gasteiger charge is 2.21. The second kappa shape index (κ2) is 5.59. The molecule has 1 aliphatic rings. The Hall–Kier alpha value is -1.93. The predicted octanol–water partition coefficient (Wildman–Crippen LogP) is 3.71. The summed E-state index contributed by atoms with van der Waals surface area (Å²) in [7, 11) is 0. The van der Waals surface area contributed by atoms with Crippen molar-refractivity contribution >= 4 is 5.78 Å². The van der Waals surface area contributed by atoms with E-state index in [0.717, 1.165) is 12.0 Å². The van der Waals surface area contributed by atoms with Crippen LogP contribution in [0.15, 0.2) is 48.5 Å². The third-order valence-corrected chi connectivity index (χ3v) is 3.83. The van der Waals surface area contributed by atoms with Gasteiger partial charge in [0.05, 0.1) is 12.7 Å². The van der Waals surface area contributed by atoms with Gasteiger partial charge in [0.25, 0.3) is 0 Å². The first-order chi connectivity index (χ1) is 9.72. The summed E-state index contributed by atoms with van der Waals surface area (Å²) in [5, 5.41) is 0. The van der Waals surface area contributed by atoms with E-state index in [1.807, 2.05) is 43.3 Å². The maximum absolute atomic E-state index is 12.3. The smallest absolute Gasteiger partial charge is 0.165 e. The molecule has 2 aromatic carbocycles. The van der Waals surface area contributed by atoms with Gasteiger partial charge in [0, 0.05) is 12.0 Å². The lowest BCUT2D eigenvalue weighted by Crippen LogP contribution is -2.25. The number of rotatable bonds is 3. The summed E-state index contributed by atoms with van der Waals surface area (Å²) in [6, 6.07) is 16.0. The Labute approximate surface area is 119 Å². The predicted molar refractivity (Wildman–Crippen MR) is 78.8 cm³/mol. The van der Waals surface area contributed by atoms with Crippen LogP contribution in [0.4, 0.5) is 0 Å². The summed E-state index contributed by atoms with van der Waals surface area (Å²) in [4.78, 5) is 12.3. The number of carbonyl (C=O) groups is 1. The van der Waals surface area contributed by atoms with Crippen molar-refractivity contribution in [3.63, 3.8) is 0 Å². The van der Waals surface area contributed by atoms with Gasteiger partial charge in [0.2, 0.25) is 0 Å². The number of carbonyl (C=O) groups excluding carboxylic acids is 1. The molecule has 102 valence electrons. The van der Waals surface area contributed by atoms with Crippen LogP contribution in [-0.4, -0.2) is 11.9 Å². The Morgan fingerprint density at radius 1 is 1.10 bits per heavy atom. The molecule has 0 aromatic heterocycles. The van der Waals surface area contributed by atoms with Gasteiger partial charge in [-0.15, -0.1) is 0 Å². The summed E-state index contributed by atoms with van der Waals surface area (Å²) in [5.41, 5.74) is 4.49. The number of ether oxygens (including phenoxy) is 1. The lowest BCUT2D eigenvalue weighted by Gasteiger charge is -2.24. The number of benzene rings is 2. The van der Waals surface area contributed by atoms with E-state index in [9.17, 15) is 4.79 Å². The molecule has 1 unspecified atom stereocenters. The third-order valence-electron chi connectivity index (χ3n) is 3.83. The van der Waals surface area contributed by atoms with E-state index in [1.165, 1.54) is 16.7 Å². The van der Waals surface area contributed by atoms with E-state index in [1.54, 1.807) is 0 Å². The van der Waals surface area contributed by atoms with Crippen LogP contribution in [0.25, 0.3) is 0 Å². The molecule has 20 heavy (non-hydrogen) atoms. The summed E-state index contributed by atoms with van der Waals surface area (Å²) in [6.07, 6.45) is 1.28. The van der Waals surface area contributed by atoms with Gasteiger partial charge in [0.1, 0.15) is 0 Å². The fraction of sp³-hybridized carbons (Fsp3) is 0.278. The number of Topliss-reactive ketones (excluding diaryl/α,β-unsaturated/α-hetero) is 1. The zero-order valence-electron chi connectivity index (χ0n) is 11.6. The quantitative estimate of drug-likeness (QED) is 0.792. The number of aryl methyl sites for hydroxylation is 1. The lowest BCUT2D eigenvalue weighted by atomic mass is 9.95. The fourth-order valence-electron chi connectivity index (χ4n) is 2.60. The molecule has 1 heterocycles. The van der Waals surface area contributed by atoms with E-state index < -0.39 is 0 Å². The molecule has 0 amide bonds. The van der Waals surface area contributed by atoms with E-state index >= 15 is 0 Å². The van der Waals surface area contributed by atoms with E-state index in [2.05, 4.69) is 12.1 Å². The molecular formula is C18H18O2. The van der Waals surface area contributed by atoms with E-state index in [-0.39, 0.29) is 11.9 Å². The third kappa shape index (κ3) is 2.81. The van der Waals surface area contributed by atoms with Gasteiger partial charge in [-0.25, -0.2) is 0 Å². The van der Waals surface area contributed by atoms with Crippen molar-refractivity contribution in [2.24, 2.45) is 0 Å². The Morgan fingerprint density at radius 2 is 1.80 bits per heavy atom. The largest absolute Gasteiger partial charge is 0.373 e. The molecule has 1 atom stereocenters. The van der Waals surface area contributed by atoms with Crippen LogP contribution in [0.5, 0.6) is 0 Å². The van der Waals surface area contributed by atoms with Crippen molar-refractivity contribution in [3.8, 4) is 0 Å². The molecule has 2 heteroatoms.